The predicted molar refractivity (Wildman–Crippen MR) is 85.0 cm³/mol. The van der Waals surface area contributed by atoms with Crippen molar-refractivity contribution in [3.63, 3.8) is 0 Å². The monoisotopic (exact) mass is 290 g/mol. The number of halogens is 1. The van der Waals surface area contributed by atoms with Crippen molar-refractivity contribution in [2.24, 2.45) is 0 Å². The molecular formula is C18H27FN2. The number of nitrogens with zero attached hydrogens (tertiary/aromatic N) is 2. The largest absolute Gasteiger partial charge is 0.298 e. The summed E-state index contributed by atoms with van der Waals surface area (Å²) in [5.74, 6) is -0.0538. The van der Waals surface area contributed by atoms with E-state index in [0.717, 1.165) is 24.6 Å². The summed E-state index contributed by atoms with van der Waals surface area (Å²) in [6.07, 6.45) is 6.10. The van der Waals surface area contributed by atoms with Crippen molar-refractivity contribution < 1.29 is 4.39 Å². The summed E-state index contributed by atoms with van der Waals surface area (Å²) in [7, 11) is 0. The smallest absolute Gasteiger partial charge is 0.126 e. The number of benzene rings is 1. The maximum absolute atomic E-state index is 13.8. The summed E-state index contributed by atoms with van der Waals surface area (Å²) in [6, 6.07) is 8.59. The Morgan fingerprint density at radius 1 is 1.19 bits per heavy atom. The third-order valence-corrected chi connectivity index (χ3v) is 5.25. The third-order valence-electron chi connectivity index (χ3n) is 5.25. The van der Waals surface area contributed by atoms with Crippen molar-refractivity contribution >= 4 is 0 Å². The zero-order valence-electron chi connectivity index (χ0n) is 13.1. The maximum Gasteiger partial charge on any atom is 0.126 e. The molecule has 3 heteroatoms. The lowest BCUT2D eigenvalue weighted by Gasteiger charge is -2.48. The molecule has 0 spiro atoms. The van der Waals surface area contributed by atoms with Crippen LogP contribution in [0.5, 0.6) is 0 Å². The van der Waals surface area contributed by atoms with Crippen LogP contribution in [-0.4, -0.2) is 48.1 Å². The van der Waals surface area contributed by atoms with Crippen LogP contribution < -0.4 is 0 Å². The molecule has 116 valence electrons. The molecule has 0 bridgehead atoms. The molecule has 2 atom stereocenters. The number of rotatable bonds is 4. The quantitative estimate of drug-likeness (QED) is 0.839. The van der Waals surface area contributed by atoms with Gasteiger partial charge in [-0.3, -0.25) is 9.80 Å². The second-order valence-electron chi connectivity index (χ2n) is 6.54. The molecular weight excluding hydrogens is 263 g/mol. The van der Waals surface area contributed by atoms with Crippen LogP contribution in [0.15, 0.2) is 24.3 Å². The number of piperazine rings is 1. The first kappa shape index (κ1) is 15.0. The molecule has 0 aliphatic carbocycles. The topological polar surface area (TPSA) is 6.48 Å². The number of hydrogen-bond acceptors (Lipinski definition) is 2. The molecule has 3 rings (SSSR count). The van der Waals surface area contributed by atoms with Gasteiger partial charge in [0, 0.05) is 31.7 Å². The van der Waals surface area contributed by atoms with Gasteiger partial charge in [0.25, 0.3) is 0 Å². The summed E-state index contributed by atoms with van der Waals surface area (Å²) in [4.78, 5) is 5.30. The van der Waals surface area contributed by atoms with Crippen molar-refractivity contribution in [3.8, 4) is 0 Å². The van der Waals surface area contributed by atoms with Crippen molar-refractivity contribution in [1.29, 1.82) is 0 Å². The summed E-state index contributed by atoms with van der Waals surface area (Å²) in [5, 5.41) is 0. The van der Waals surface area contributed by atoms with E-state index in [2.05, 4.69) is 16.7 Å². The molecule has 2 aliphatic rings. The predicted octanol–water partition coefficient (Wildman–Crippen LogP) is 3.32. The van der Waals surface area contributed by atoms with Gasteiger partial charge in [0.15, 0.2) is 0 Å². The second-order valence-corrected chi connectivity index (χ2v) is 6.54. The first-order chi connectivity index (χ1) is 10.3. The fourth-order valence-corrected chi connectivity index (χ4v) is 3.94. The van der Waals surface area contributed by atoms with Gasteiger partial charge in [-0.05, 0) is 43.9 Å². The van der Waals surface area contributed by atoms with Gasteiger partial charge in [-0.1, -0.05) is 31.5 Å². The minimum Gasteiger partial charge on any atom is -0.298 e. The summed E-state index contributed by atoms with van der Waals surface area (Å²) in [6.45, 7) is 6.93. The highest BCUT2D eigenvalue weighted by atomic mass is 19.1. The van der Waals surface area contributed by atoms with Gasteiger partial charge in [-0.15, -0.1) is 0 Å². The number of fused-ring (bicyclic) bond motifs is 1. The van der Waals surface area contributed by atoms with Gasteiger partial charge in [-0.2, -0.15) is 0 Å². The molecule has 1 aromatic rings. The molecule has 2 heterocycles. The van der Waals surface area contributed by atoms with Crippen LogP contribution in [0.1, 0.15) is 38.2 Å². The van der Waals surface area contributed by atoms with Crippen LogP contribution in [0.4, 0.5) is 4.39 Å². The van der Waals surface area contributed by atoms with Crippen LogP contribution >= 0.6 is 0 Å². The fourth-order valence-electron chi connectivity index (χ4n) is 3.94. The Bertz CT molecular complexity index is 462. The Morgan fingerprint density at radius 3 is 2.86 bits per heavy atom. The summed E-state index contributed by atoms with van der Waals surface area (Å²) < 4.78 is 13.8. The highest BCUT2D eigenvalue weighted by Gasteiger charge is 2.33. The molecule has 2 saturated heterocycles. The van der Waals surface area contributed by atoms with E-state index in [9.17, 15) is 4.39 Å². The third kappa shape index (κ3) is 3.46. The summed E-state index contributed by atoms with van der Waals surface area (Å²) in [5.41, 5.74) is 0.860. The van der Waals surface area contributed by atoms with E-state index in [1.54, 1.807) is 12.1 Å². The van der Waals surface area contributed by atoms with Gasteiger partial charge >= 0.3 is 0 Å². The molecule has 1 aromatic carbocycles. The van der Waals surface area contributed by atoms with Gasteiger partial charge in [0.05, 0.1) is 0 Å². The van der Waals surface area contributed by atoms with Crippen molar-refractivity contribution in [2.45, 2.75) is 51.1 Å². The Morgan fingerprint density at radius 2 is 2.05 bits per heavy atom. The minimum absolute atomic E-state index is 0.0538. The van der Waals surface area contributed by atoms with Crippen LogP contribution in [0.2, 0.25) is 0 Å². The van der Waals surface area contributed by atoms with E-state index < -0.39 is 0 Å². The molecule has 0 saturated carbocycles. The highest BCUT2D eigenvalue weighted by Crippen LogP contribution is 2.25. The Labute approximate surface area is 127 Å². The van der Waals surface area contributed by atoms with E-state index in [-0.39, 0.29) is 5.82 Å². The van der Waals surface area contributed by atoms with Crippen molar-refractivity contribution in [1.82, 2.24) is 9.80 Å². The average molecular weight is 290 g/mol. The second kappa shape index (κ2) is 6.89. The molecule has 0 radical (unpaired) electrons. The number of hydrogen-bond donors (Lipinski definition) is 0. The van der Waals surface area contributed by atoms with Crippen LogP contribution in [0.3, 0.4) is 0 Å². The lowest BCUT2D eigenvalue weighted by Crippen LogP contribution is -2.59. The number of piperidine rings is 1. The summed E-state index contributed by atoms with van der Waals surface area (Å²) >= 11 is 0. The van der Waals surface area contributed by atoms with E-state index in [1.165, 1.54) is 45.3 Å². The van der Waals surface area contributed by atoms with Crippen LogP contribution in [0, 0.1) is 5.82 Å². The normalized spacial score (nSPS) is 27.5. The van der Waals surface area contributed by atoms with E-state index in [0.29, 0.717) is 6.04 Å². The SMILES string of the molecule is CCC1CN2CCCCC2CN1CCc1ccccc1F. The molecule has 0 aromatic heterocycles. The van der Waals surface area contributed by atoms with Crippen molar-refractivity contribution in [2.75, 3.05) is 26.2 Å². The maximum atomic E-state index is 13.8. The zero-order valence-corrected chi connectivity index (χ0v) is 13.1. The van der Waals surface area contributed by atoms with E-state index in [1.807, 2.05) is 12.1 Å². The Hall–Kier alpha value is -0.930. The molecule has 2 nitrogen and oxygen atoms in total. The van der Waals surface area contributed by atoms with Gasteiger partial charge in [0.2, 0.25) is 0 Å². The zero-order chi connectivity index (χ0) is 14.7. The molecule has 2 aliphatic heterocycles. The molecule has 21 heavy (non-hydrogen) atoms. The van der Waals surface area contributed by atoms with E-state index in [4.69, 9.17) is 0 Å². The molecule has 0 amide bonds. The Kier molecular flexibility index (Phi) is 4.91. The highest BCUT2D eigenvalue weighted by molar-refractivity contribution is 5.17. The minimum atomic E-state index is -0.0538. The van der Waals surface area contributed by atoms with Gasteiger partial charge < -0.3 is 0 Å². The average Bonchev–Trinajstić information content (AvgIpc) is 2.53. The van der Waals surface area contributed by atoms with Crippen molar-refractivity contribution in [3.05, 3.63) is 35.6 Å². The van der Waals surface area contributed by atoms with Gasteiger partial charge in [0.1, 0.15) is 5.82 Å². The standard InChI is InChI=1S/C18H27FN2/c1-2-16-13-20-11-6-5-8-17(20)14-21(16)12-10-15-7-3-4-9-18(15)19/h3-4,7,9,16-17H,2,5-6,8,10-14H2,1H3. The van der Waals surface area contributed by atoms with Crippen LogP contribution in [-0.2, 0) is 6.42 Å². The fraction of sp³-hybridized carbons (Fsp3) is 0.667. The molecule has 2 unspecified atom stereocenters. The lowest BCUT2D eigenvalue weighted by atomic mass is 9.95. The lowest BCUT2D eigenvalue weighted by molar-refractivity contribution is 0.00818. The van der Waals surface area contributed by atoms with E-state index >= 15 is 0 Å². The molecule has 0 N–H and O–H groups in total. The molecule has 2 fully saturated rings. The van der Waals surface area contributed by atoms with Gasteiger partial charge in [-0.25, -0.2) is 4.39 Å². The Balaban J connectivity index is 1.62. The van der Waals surface area contributed by atoms with Crippen LogP contribution in [0.25, 0.3) is 0 Å². The first-order valence-electron chi connectivity index (χ1n) is 8.49. The first-order valence-corrected chi connectivity index (χ1v) is 8.49.